The van der Waals surface area contributed by atoms with Crippen LogP contribution >= 0.6 is 0 Å². The Labute approximate surface area is 96.4 Å². The molecule has 0 saturated heterocycles. The van der Waals surface area contributed by atoms with E-state index in [2.05, 4.69) is 21.8 Å². The number of aliphatic hydroxyl groups excluding tert-OH is 1. The normalized spacial score (nSPS) is 12.9. The minimum atomic E-state index is -0.451. The second-order valence-corrected chi connectivity index (χ2v) is 3.82. The summed E-state index contributed by atoms with van der Waals surface area (Å²) in [6.45, 7) is 4.74. The number of aromatic nitrogens is 2. The molecule has 1 unspecified atom stereocenters. The van der Waals surface area contributed by atoms with E-state index in [1.165, 1.54) is 0 Å². The van der Waals surface area contributed by atoms with Gasteiger partial charge in [-0.15, -0.1) is 0 Å². The Bertz CT molecular complexity index is 289. The molecule has 1 heterocycles. The van der Waals surface area contributed by atoms with Gasteiger partial charge in [0.15, 0.2) is 0 Å². The van der Waals surface area contributed by atoms with E-state index in [0.717, 1.165) is 25.2 Å². The van der Waals surface area contributed by atoms with Crippen LogP contribution < -0.4 is 5.32 Å². The first-order valence-electron chi connectivity index (χ1n) is 5.64. The van der Waals surface area contributed by atoms with Crippen molar-refractivity contribution in [1.29, 1.82) is 0 Å². The second-order valence-electron chi connectivity index (χ2n) is 3.82. The summed E-state index contributed by atoms with van der Waals surface area (Å²) in [6.07, 6.45) is 4.33. The molecule has 0 spiro atoms. The van der Waals surface area contributed by atoms with Crippen LogP contribution in [-0.2, 0) is 17.8 Å². The highest BCUT2D eigenvalue weighted by atomic mass is 16.5. The number of hydrogen-bond donors (Lipinski definition) is 2. The van der Waals surface area contributed by atoms with E-state index in [0.29, 0.717) is 13.2 Å². The van der Waals surface area contributed by atoms with Crippen LogP contribution in [0.4, 0.5) is 0 Å². The lowest BCUT2D eigenvalue weighted by Gasteiger charge is -2.11. The molecule has 0 aromatic carbocycles. The van der Waals surface area contributed by atoms with Gasteiger partial charge in [-0.3, -0.25) is 0 Å². The highest BCUT2D eigenvalue weighted by Crippen LogP contribution is 2.00. The molecule has 0 bridgehead atoms. The largest absolute Gasteiger partial charge is 0.389 e. The summed E-state index contributed by atoms with van der Waals surface area (Å²) in [6, 6.07) is 0. The summed E-state index contributed by atoms with van der Waals surface area (Å²) in [5.41, 5.74) is 1.14. The first-order valence-corrected chi connectivity index (χ1v) is 5.64. The zero-order chi connectivity index (χ0) is 11.8. The number of aryl methyl sites for hydroxylation is 1. The van der Waals surface area contributed by atoms with E-state index in [9.17, 15) is 5.11 Å². The zero-order valence-corrected chi connectivity index (χ0v) is 10.0. The molecule has 16 heavy (non-hydrogen) atoms. The van der Waals surface area contributed by atoms with E-state index < -0.39 is 6.10 Å². The molecular weight excluding hydrogens is 206 g/mol. The van der Waals surface area contributed by atoms with Crippen LogP contribution in [0.5, 0.6) is 0 Å². The van der Waals surface area contributed by atoms with Gasteiger partial charge in [-0.05, 0) is 6.42 Å². The SMILES string of the molecule is CCCn1cncc1CNCC(O)COC. The quantitative estimate of drug-likeness (QED) is 0.674. The first-order chi connectivity index (χ1) is 7.77. The number of ether oxygens (including phenoxy) is 1. The van der Waals surface area contributed by atoms with Crippen molar-refractivity contribution in [3.63, 3.8) is 0 Å². The summed E-state index contributed by atoms with van der Waals surface area (Å²) < 4.78 is 6.97. The maximum absolute atomic E-state index is 9.44. The highest BCUT2D eigenvalue weighted by molar-refractivity contribution is 4.97. The van der Waals surface area contributed by atoms with Crippen molar-refractivity contribution < 1.29 is 9.84 Å². The fourth-order valence-electron chi connectivity index (χ4n) is 1.56. The zero-order valence-electron chi connectivity index (χ0n) is 10.0. The molecule has 5 heteroatoms. The lowest BCUT2D eigenvalue weighted by Crippen LogP contribution is -2.30. The Morgan fingerprint density at radius 2 is 2.44 bits per heavy atom. The Balaban J connectivity index is 2.28. The van der Waals surface area contributed by atoms with Crippen LogP contribution in [0.25, 0.3) is 0 Å². The van der Waals surface area contributed by atoms with E-state index in [4.69, 9.17) is 4.74 Å². The van der Waals surface area contributed by atoms with E-state index in [-0.39, 0.29) is 0 Å². The van der Waals surface area contributed by atoms with Gasteiger partial charge in [0.25, 0.3) is 0 Å². The van der Waals surface area contributed by atoms with E-state index in [1.54, 1.807) is 7.11 Å². The molecule has 0 saturated carbocycles. The number of aliphatic hydroxyl groups is 1. The molecule has 0 amide bonds. The summed E-state index contributed by atoms with van der Waals surface area (Å²) in [7, 11) is 1.58. The van der Waals surface area contributed by atoms with Crippen LogP contribution in [0.15, 0.2) is 12.5 Å². The Morgan fingerprint density at radius 1 is 1.62 bits per heavy atom. The fraction of sp³-hybridized carbons (Fsp3) is 0.727. The lowest BCUT2D eigenvalue weighted by atomic mass is 10.3. The molecule has 0 aliphatic rings. The standard InChI is InChI=1S/C11H21N3O2/c1-3-4-14-9-13-6-10(14)5-12-7-11(15)8-16-2/h6,9,11-12,15H,3-5,7-8H2,1-2H3. The number of nitrogens with zero attached hydrogens (tertiary/aromatic N) is 2. The third kappa shape index (κ3) is 4.30. The lowest BCUT2D eigenvalue weighted by molar-refractivity contribution is 0.0643. The molecule has 1 aromatic heterocycles. The minimum absolute atomic E-state index is 0.362. The molecule has 1 atom stereocenters. The second kappa shape index (κ2) is 7.38. The maximum atomic E-state index is 9.44. The van der Waals surface area contributed by atoms with Crippen LogP contribution in [0.3, 0.4) is 0 Å². The van der Waals surface area contributed by atoms with Gasteiger partial charge in [0.05, 0.1) is 24.7 Å². The third-order valence-corrected chi connectivity index (χ3v) is 2.31. The predicted molar refractivity (Wildman–Crippen MR) is 62.1 cm³/mol. The number of nitrogens with one attached hydrogen (secondary N) is 1. The van der Waals surface area contributed by atoms with Crippen molar-refractivity contribution in [2.45, 2.75) is 32.5 Å². The van der Waals surface area contributed by atoms with Crippen LogP contribution in [0.2, 0.25) is 0 Å². The van der Waals surface area contributed by atoms with Gasteiger partial charge in [0.2, 0.25) is 0 Å². The molecular formula is C11H21N3O2. The third-order valence-electron chi connectivity index (χ3n) is 2.31. The van der Waals surface area contributed by atoms with Crippen LogP contribution in [0.1, 0.15) is 19.0 Å². The molecule has 92 valence electrons. The van der Waals surface area contributed by atoms with Crippen molar-refractivity contribution in [3.8, 4) is 0 Å². The number of imidazole rings is 1. The molecule has 0 aliphatic heterocycles. The smallest absolute Gasteiger partial charge is 0.0948 e. The van der Waals surface area contributed by atoms with E-state index >= 15 is 0 Å². The van der Waals surface area contributed by atoms with Gasteiger partial charge in [-0.2, -0.15) is 0 Å². The fourth-order valence-corrected chi connectivity index (χ4v) is 1.56. The van der Waals surface area contributed by atoms with Crippen molar-refractivity contribution in [2.75, 3.05) is 20.3 Å². The van der Waals surface area contributed by atoms with Gasteiger partial charge in [0, 0.05) is 32.9 Å². The van der Waals surface area contributed by atoms with Crippen molar-refractivity contribution in [3.05, 3.63) is 18.2 Å². The average Bonchev–Trinajstić information content (AvgIpc) is 2.67. The van der Waals surface area contributed by atoms with Crippen LogP contribution in [0, 0.1) is 0 Å². The van der Waals surface area contributed by atoms with Gasteiger partial charge < -0.3 is 19.7 Å². The summed E-state index contributed by atoms with van der Waals surface area (Å²) in [5, 5.41) is 12.6. The molecule has 5 nitrogen and oxygen atoms in total. The topological polar surface area (TPSA) is 59.3 Å². The maximum Gasteiger partial charge on any atom is 0.0948 e. The number of methoxy groups -OCH3 is 1. The predicted octanol–water partition coefficient (Wildman–Crippen LogP) is 0.390. The molecule has 0 fully saturated rings. The molecule has 1 aromatic rings. The van der Waals surface area contributed by atoms with Gasteiger partial charge in [-0.25, -0.2) is 4.98 Å². The highest BCUT2D eigenvalue weighted by Gasteiger charge is 2.04. The monoisotopic (exact) mass is 227 g/mol. The average molecular weight is 227 g/mol. The van der Waals surface area contributed by atoms with Crippen molar-refractivity contribution in [2.24, 2.45) is 0 Å². The summed E-state index contributed by atoms with van der Waals surface area (Å²) in [5.74, 6) is 0. The molecule has 0 radical (unpaired) electrons. The van der Waals surface area contributed by atoms with Gasteiger partial charge >= 0.3 is 0 Å². The van der Waals surface area contributed by atoms with Gasteiger partial charge in [-0.1, -0.05) is 6.92 Å². The molecule has 2 N–H and O–H groups in total. The summed E-state index contributed by atoms with van der Waals surface area (Å²) in [4.78, 5) is 4.11. The van der Waals surface area contributed by atoms with Crippen molar-refractivity contribution >= 4 is 0 Å². The Kier molecular flexibility index (Phi) is 6.07. The number of hydrogen-bond acceptors (Lipinski definition) is 4. The van der Waals surface area contributed by atoms with Crippen molar-refractivity contribution in [1.82, 2.24) is 14.9 Å². The minimum Gasteiger partial charge on any atom is -0.389 e. The first kappa shape index (κ1) is 13.2. The number of rotatable bonds is 8. The van der Waals surface area contributed by atoms with E-state index in [1.807, 2.05) is 12.5 Å². The molecule has 1 rings (SSSR count). The van der Waals surface area contributed by atoms with Crippen LogP contribution in [-0.4, -0.2) is 41.0 Å². The summed E-state index contributed by atoms with van der Waals surface area (Å²) >= 11 is 0. The molecule has 0 aliphatic carbocycles. The Morgan fingerprint density at radius 3 is 3.12 bits per heavy atom. The Hall–Kier alpha value is -0.910. The van der Waals surface area contributed by atoms with Gasteiger partial charge in [0.1, 0.15) is 0 Å².